The molecule has 1 aromatic rings. The van der Waals surface area contributed by atoms with Crippen LogP contribution in [0.5, 0.6) is 0 Å². The van der Waals surface area contributed by atoms with Gasteiger partial charge in [-0.2, -0.15) is 15.6 Å². The molecule has 0 fully saturated rings. The van der Waals surface area contributed by atoms with Gasteiger partial charge in [-0.05, 0) is 40.5 Å². The molecule has 1 aromatic carbocycles. The molecule has 16 heavy (non-hydrogen) atoms. The first-order chi connectivity index (χ1) is 7.58. The van der Waals surface area contributed by atoms with Crippen LogP contribution in [0.25, 0.3) is 0 Å². The van der Waals surface area contributed by atoms with Crippen LogP contribution >= 0.6 is 27.5 Å². The van der Waals surface area contributed by atoms with E-state index in [1.165, 1.54) is 0 Å². The van der Waals surface area contributed by atoms with Crippen LogP contribution < -0.4 is 5.43 Å². The Morgan fingerprint density at radius 3 is 2.56 bits per heavy atom. The molecule has 0 aliphatic carbocycles. The quantitative estimate of drug-likeness (QED) is 0.673. The Balaban J connectivity index is 2.98. The number of aryl methyl sites for hydroxylation is 1. The third-order valence-electron chi connectivity index (χ3n) is 1.72. The molecule has 6 heteroatoms. The fourth-order valence-corrected chi connectivity index (χ4v) is 1.48. The van der Waals surface area contributed by atoms with Crippen LogP contribution in [-0.2, 0) is 0 Å². The van der Waals surface area contributed by atoms with Gasteiger partial charge in [-0.25, -0.2) is 0 Å². The van der Waals surface area contributed by atoms with E-state index >= 15 is 0 Å². The van der Waals surface area contributed by atoms with Gasteiger partial charge in [-0.3, -0.25) is 5.43 Å². The number of hydrogen-bond donors (Lipinski definition) is 1. The smallest absolute Gasteiger partial charge is 0.237 e. The summed E-state index contributed by atoms with van der Waals surface area (Å²) in [6.45, 7) is 1.88. The van der Waals surface area contributed by atoms with Gasteiger partial charge >= 0.3 is 0 Å². The van der Waals surface area contributed by atoms with E-state index in [4.69, 9.17) is 22.1 Å². The summed E-state index contributed by atoms with van der Waals surface area (Å²) in [7, 11) is 0. The molecule has 0 aliphatic rings. The van der Waals surface area contributed by atoms with Crippen LogP contribution in [0.2, 0.25) is 5.02 Å². The second-order valence-electron chi connectivity index (χ2n) is 2.88. The van der Waals surface area contributed by atoms with Crippen molar-refractivity contribution in [2.45, 2.75) is 6.92 Å². The lowest BCUT2D eigenvalue weighted by molar-refractivity contribution is 1.31. The Hall–Kier alpha value is -1.56. The molecule has 0 atom stereocenters. The van der Waals surface area contributed by atoms with Gasteiger partial charge in [-0.1, -0.05) is 11.6 Å². The number of nitrogens with one attached hydrogen (secondary N) is 1. The van der Waals surface area contributed by atoms with Crippen molar-refractivity contribution in [3.05, 3.63) is 27.2 Å². The maximum absolute atomic E-state index is 8.48. The van der Waals surface area contributed by atoms with Gasteiger partial charge in [0.25, 0.3) is 0 Å². The predicted molar refractivity (Wildman–Crippen MR) is 66.2 cm³/mol. The molecule has 4 nitrogen and oxygen atoms in total. The van der Waals surface area contributed by atoms with Crippen molar-refractivity contribution in [3.63, 3.8) is 0 Å². The maximum Gasteiger partial charge on any atom is 0.237 e. The Morgan fingerprint density at radius 2 is 2.06 bits per heavy atom. The molecule has 0 aromatic heterocycles. The summed E-state index contributed by atoms with van der Waals surface area (Å²) in [6.07, 6.45) is 0. The molecular formula is C10H6BrClN4. The van der Waals surface area contributed by atoms with Crippen molar-refractivity contribution in [3.8, 4) is 12.1 Å². The molecule has 0 aliphatic heterocycles. The SMILES string of the molecule is Cc1cc(NN=C(C#N)C#N)cc(Cl)c1Br. The lowest BCUT2D eigenvalue weighted by Crippen LogP contribution is -1.96. The Labute approximate surface area is 106 Å². The van der Waals surface area contributed by atoms with E-state index < -0.39 is 0 Å². The zero-order valence-corrected chi connectivity index (χ0v) is 10.6. The number of rotatable bonds is 2. The van der Waals surface area contributed by atoms with E-state index in [-0.39, 0.29) is 5.71 Å². The molecule has 80 valence electrons. The second-order valence-corrected chi connectivity index (χ2v) is 4.08. The average molecular weight is 298 g/mol. The Bertz CT molecular complexity index is 486. The van der Waals surface area contributed by atoms with Crippen molar-refractivity contribution in [2.24, 2.45) is 5.10 Å². The highest BCUT2D eigenvalue weighted by Gasteiger charge is 2.03. The van der Waals surface area contributed by atoms with E-state index in [0.29, 0.717) is 10.7 Å². The van der Waals surface area contributed by atoms with Crippen molar-refractivity contribution >= 4 is 38.9 Å². The third kappa shape index (κ3) is 2.96. The zero-order chi connectivity index (χ0) is 12.1. The van der Waals surface area contributed by atoms with Gasteiger partial charge in [0.2, 0.25) is 5.71 Å². The van der Waals surface area contributed by atoms with Crippen LogP contribution in [-0.4, -0.2) is 5.71 Å². The largest absolute Gasteiger partial charge is 0.276 e. The van der Waals surface area contributed by atoms with Crippen LogP contribution in [0.4, 0.5) is 5.69 Å². The molecule has 0 amide bonds. The molecule has 0 saturated heterocycles. The highest BCUT2D eigenvalue weighted by Crippen LogP contribution is 2.29. The molecule has 0 heterocycles. The van der Waals surface area contributed by atoms with Gasteiger partial charge in [0.15, 0.2) is 0 Å². The van der Waals surface area contributed by atoms with Gasteiger partial charge in [-0.15, -0.1) is 0 Å². The van der Waals surface area contributed by atoms with Crippen molar-refractivity contribution < 1.29 is 0 Å². The zero-order valence-electron chi connectivity index (χ0n) is 8.25. The number of halogens is 2. The van der Waals surface area contributed by atoms with Crippen LogP contribution in [0.1, 0.15) is 5.56 Å². The van der Waals surface area contributed by atoms with Crippen LogP contribution in [0, 0.1) is 29.6 Å². The van der Waals surface area contributed by atoms with Gasteiger partial charge in [0.1, 0.15) is 12.1 Å². The predicted octanol–water partition coefficient (Wildman–Crippen LogP) is 3.23. The molecule has 0 spiro atoms. The van der Waals surface area contributed by atoms with Crippen molar-refractivity contribution in [1.82, 2.24) is 0 Å². The molecule has 1 rings (SSSR count). The fourth-order valence-electron chi connectivity index (χ4n) is 0.987. The lowest BCUT2D eigenvalue weighted by atomic mass is 10.2. The van der Waals surface area contributed by atoms with E-state index in [0.717, 1.165) is 10.0 Å². The monoisotopic (exact) mass is 296 g/mol. The highest BCUT2D eigenvalue weighted by molar-refractivity contribution is 9.10. The number of nitrogens with zero attached hydrogens (tertiary/aromatic N) is 3. The summed E-state index contributed by atoms with van der Waals surface area (Å²) >= 11 is 9.26. The number of nitriles is 2. The van der Waals surface area contributed by atoms with Crippen LogP contribution in [0.3, 0.4) is 0 Å². The molecule has 0 unspecified atom stereocenters. The van der Waals surface area contributed by atoms with E-state index in [2.05, 4.69) is 26.5 Å². The molecular weight excluding hydrogens is 291 g/mol. The first kappa shape index (κ1) is 12.5. The second kappa shape index (κ2) is 5.50. The number of anilines is 1. The summed E-state index contributed by atoms with van der Waals surface area (Å²) in [5, 5.41) is 21.1. The average Bonchev–Trinajstić information content (AvgIpc) is 2.27. The van der Waals surface area contributed by atoms with Crippen molar-refractivity contribution in [2.75, 3.05) is 5.43 Å². The summed E-state index contributed by atoms with van der Waals surface area (Å²) in [5.74, 6) is 0. The standard InChI is InChI=1S/C10H6BrClN4/c1-6-2-7(3-9(12)10(6)11)15-16-8(4-13)5-14/h2-3,15H,1H3. The van der Waals surface area contributed by atoms with Gasteiger partial charge in [0.05, 0.1) is 10.7 Å². The summed E-state index contributed by atoms with van der Waals surface area (Å²) in [6, 6.07) is 6.74. The normalized spacial score (nSPS) is 8.81. The molecule has 0 bridgehead atoms. The highest BCUT2D eigenvalue weighted by atomic mass is 79.9. The Morgan fingerprint density at radius 1 is 1.44 bits per heavy atom. The first-order valence-electron chi connectivity index (χ1n) is 4.18. The number of hydrazone groups is 1. The minimum Gasteiger partial charge on any atom is -0.276 e. The first-order valence-corrected chi connectivity index (χ1v) is 5.35. The summed E-state index contributed by atoms with van der Waals surface area (Å²) in [5.41, 5.74) is 3.90. The molecule has 0 radical (unpaired) electrons. The minimum absolute atomic E-state index is 0.239. The summed E-state index contributed by atoms with van der Waals surface area (Å²) in [4.78, 5) is 0. The minimum atomic E-state index is -0.239. The maximum atomic E-state index is 8.48. The fraction of sp³-hybridized carbons (Fsp3) is 0.100. The molecule has 1 N–H and O–H groups in total. The molecule has 0 saturated carbocycles. The summed E-state index contributed by atoms with van der Waals surface area (Å²) < 4.78 is 0.810. The number of hydrogen-bond acceptors (Lipinski definition) is 4. The van der Waals surface area contributed by atoms with E-state index in [9.17, 15) is 0 Å². The van der Waals surface area contributed by atoms with E-state index in [1.807, 2.05) is 6.92 Å². The van der Waals surface area contributed by atoms with Gasteiger partial charge in [0, 0.05) is 4.47 Å². The topological polar surface area (TPSA) is 72.0 Å². The lowest BCUT2D eigenvalue weighted by Gasteiger charge is -2.05. The third-order valence-corrected chi connectivity index (χ3v) is 3.30. The Kier molecular flexibility index (Phi) is 4.30. The van der Waals surface area contributed by atoms with Crippen LogP contribution in [0.15, 0.2) is 21.7 Å². The van der Waals surface area contributed by atoms with Gasteiger partial charge < -0.3 is 0 Å². The van der Waals surface area contributed by atoms with Crippen molar-refractivity contribution in [1.29, 1.82) is 10.5 Å². The van der Waals surface area contributed by atoms with E-state index in [1.54, 1.807) is 24.3 Å². The number of benzene rings is 1.